The Bertz CT molecular complexity index is 579. The van der Waals surface area contributed by atoms with Crippen LogP contribution in [0.1, 0.15) is 41.3 Å². The lowest BCUT2D eigenvalue weighted by Gasteiger charge is -2.13. The molecule has 0 bridgehead atoms. The van der Waals surface area contributed by atoms with Gasteiger partial charge in [0, 0.05) is 6.42 Å². The molecule has 0 aromatic carbocycles. The van der Waals surface area contributed by atoms with Gasteiger partial charge >= 0.3 is 0 Å². The van der Waals surface area contributed by atoms with E-state index in [-0.39, 0.29) is 6.04 Å². The highest BCUT2D eigenvalue weighted by atomic mass is 32.1. The Balaban J connectivity index is 2.50. The molecule has 0 spiro atoms. The predicted molar refractivity (Wildman–Crippen MR) is 72.2 cm³/mol. The third-order valence-corrected chi connectivity index (χ3v) is 4.33. The van der Waals surface area contributed by atoms with Crippen molar-refractivity contribution in [1.82, 2.24) is 19.7 Å². The second kappa shape index (κ2) is 4.70. The van der Waals surface area contributed by atoms with Crippen LogP contribution in [0, 0.1) is 18.6 Å². The Morgan fingerprint density at radius 1 is 1.47 bits per heavy atom. The van der Waals surface area contributed by atoms with E-state index in [1.165, 1.54) is 4.88 Å². The van der Waals surface area contributed by atoms with Crippen molar-refractivity contribution in [3.63, 3.8) is 0 Å². The van der Waals surface area contributed by atoms with Crippen LogP contribution in [0.15, 0.2) is 0 Å². The van der Waals surface area contributed by atoms with E-state index in [1.54, 1.807) is 11.3 Å². The van der Waals surface area contributed by atoms with Gasteiger partial charge in [0.25, 0.3) is 0 Å². The summed E-state index contributed by atoms with van der Waals surface area (Å²) in [4.78, 5) is 5.73. The Labute approximate surface area is 110 Å². The molecule has 0 fully saturated rings. The normalized spacial score (nSPS) is 12.9. The average molecular weight is 268 g/mol. The number of thiazole rings is 1. The minimum atomic E-state index is 0.197. The number of hydrogen-bond donors (Lipinski definition) is 1. The molecule has 2 heterocycles. The highest BCUT2D eigenvalue weighted by molar-refractivity contribution is 7.71. The van der Waals surface area contributed by atoms with Crippen LogP contribution in [0.5, 0.6) is 0 Å². The average Bonchev–Trinajstić information content (AvgIpc) is 2.80. The summed E-state index contributed by atoms with van der Waals surface area (Å²) in [6.45, 7) is 8.30. The number of rotatable bonds is 3. The smallest absolute Gasteiger partial charge is 0.195 e. The second-order valence-electron chi connectivity index (χ2n) is 4.03. The number of aromatic amines is 1. The fourth-order valence-corrected chi connectivity index (χ4v) is 3.32. The fourth-order valence-electron chi connectivity index (χ4n) is 2.04. The van der Waals surface area contributed by atoms with E-state index in [0.717, 1.165) is 22.9 Å². The molecule has 0 radical (unpaired) electrons. The van der Waals surface area contributed by atoms with Crippen molar-refractivity contribution in [1.29, 1.82) is 0 Å². The first-order valence-corrected chi connectivity index (χ1v) is 6.86. The van der Waals surface area contributed by atoms with Gasteiger partial charge in [0.2, 0.25) is 0 Å². The molecule has 0 amide bonds. The highest BCUT2D eigenvalue weighted by Crippen LogP contribution is 2.28. The van der Waals surface area contributed by atoms with Gasteiger partial charge in [-0.05, 0) is 33.0 Å². The maximum atomic E-state index is 5.29. The molecule has 0 aliphatic heterocycles. The summed E-state index contributed by atoms with van der Waals surface area (Å²) in [6.07, 6.45) is 0.869. The third kappa shape index (κ3) is 2.19. The Morgan fingerprint density at radius 2 is 2.18 bits per heavy atom. The number of nitrogens with one attached hydrogen (secondary N) is 1. The van der Waals surface area contributed by atoms with E-state index in [0.29, 0.717) is 4.77 Å². The van der Waals surface area contributed by atoms with Crippen LogP contribution in [0.4, 0.5) is 0 Å². The maximum absolute atomic E-state index is 5.29. The van der Waals surface area contributed by atoms with Gasteiger partial charge in [-0.15, -0.1) is 11.3 Å². The van der Waals surface area contributed by atoms with E-state index < -0.39 is 0 Å². The van der Waals surface area contributed by atoms with Crippen LogP contribution in [0.3, 0.4) is 0 Å². The van der Waals surface area contributed by atoms with Crippen molar-refractivity contribution in [3.8, 4) is 0 Å². The van der Waals surface area contributed by atoms with Gasteiger partial charge < -0.3 is 0 Å². The zero-order chi connectivity index (χ0) is 12.6. The minimum Gasteiger partial charge on any atom is -0.296 e. The van der Waals surface area contributed by atoms with Crippen molar-refractivity contribution < 1.29 is 0 Å². The van der Waals surface area contributed by atoms with Crippen molar-refractivity contribution in [2.24, 2.45) is 0 Å². The summed E-state index contributed by atoms with van der Waals surface area (Å²) < 4.78 is 2.76. The molecule has 1 atom stereocenters. The number of nitrogens with zero attached hydrogens (tertiary/aromatic N) is 3. The van der Waals surface area contributed by atoms with Crippen molar-refractivity contribution in [3.05, 3.63) is 26.2 Å². The van der Waals surface area contributed by atoms with Crippen molar-refractivity contribution >= 4 is 23.6 Å². The van der Waals surface area contributed by atoms with Gasteiger partial charge in [0.1, 0.15) is 5.82 Å². The summed E-state index contributed by atoms with van der Waals surface area (Å²) in [5.41, 5.74) is 1.09. The molecule has 1 unspecified atom stereocenters. The van der Waals surface area contributed by atoms with E-state index >= 15 is 0 Å². The topological polar surface area (TPSA) is 46.5 Å². The summed E-state index contributed by atoms with van der Waals surface area (Å²) in [5.74, 6) is 0.993. The van der Waals surface area contributed by atoms with E-state index in [2.05, 4.69) is 33.6 Å². The first-order chi connectivity index (χ1) is 8.04. The lowest BCUT2D eigenvalue weighted by Crippen LogP contribution is -2.10. The van der Waals surface area contributed by atoms with Gasteiger partial charge in [-0.2, -0.15) is 5.10 Å². The molecule has 0 aliphatic rings. The third-order valence-electron chi connectivity index (χ3n) is 2.80. The largest absolute Gasteiger partial charge is 0.296 e. The summed E-state index contributed by atoms with van der Waals surface area (Å²) >= 11 is 7.02. The van der Waals surface area contributed by atoms with Gasteiger partial charge in [0.15, 0.2) is 4.77 Å². The number of aryl methyl sites for hydroxylation is 3. The van der Waals surface area contributed by atoms with Crippen molar-refractivity contribution in [2.45, 2.75) is 40.2 Å². The summed E-state index contributed by atoms with van der Waals surface area (Å²) in [6, 6.07) is 0.197. The Kier molecular flexibility index (Phi) is 3.44. The number of hydrogen-bond acceptors (Lipinski definition) is 4. The van der Waals surface area contributed by atoms with Crippen LogP contribution in [0.2, 0.25) is 0 Å². The zero-order valence-electron chi connectivity index (χ0n) is 10.4. The quantitative estimate of drug-likeness (QED) is 0.870. The standard InChI is InChI=1S/C11H16N4S2/c1-5-9-13-14-11(16)15(9)7(3)10-6(2)12-8(4)17-10/h7H,5H2,1-4H3,(H,14,16). The molecule has 2 aromatic heterocycles. The van der Waals surface area contributed by atoms with Gasteiger partial charge in [0.05, 0.1) is 21.6 Å². The van der Waals surface area contributed by atoms with Crippen LogP contribution in [-0.4, -0.2) is 19.7 Å². The lowest BCUT2D eigenvalue weighted by molar-refractivity contribution is 0.603. The first-order valence-electron chi connectivity index (χ1n) is 5.64. The first kappa shape index (κ1) is 12.4. The van der Waals surface area contributed by atoms with Gasteiger partial charge in [-0.1, -0.05) is 6.92 Å². The zero-order valence-corrected chi connectivity index (χ0v) is 12.1. The van der Waals surface area contributed by atoms with Crippen LogP contribution in [0.25, 0.3) is 0 Å². The van der Waals surface area contributed by atoms with Crippen LogP contribution in [-0.2, 0) is 6.42 Å². The Hall–Kier alpha value is -1.01. The van der Waals surface area contributed by atoms with E-state index in [4.69, 9.17) is 12.2 Å². The molecular weight excluding hydrogens is 252 g/mol. The minimum absolute atomic E-state index is 0.197. The van der Waals surface area contributed by atoms with Gasteiger partial charge in [-0.3, -0.25) is 9.67 Å². The predicted octanol–water partition coefficient (Wildman–Crippen LogP) is 3.19. The number of H-pyrrole nitrogens is 1. The monoisotopic (exact) mass is 268 g/mol. The molecular formula is C11H16N4S2. The molecule has 0 saturated carbocycles. The molecule has 4 nitrogen and oxygen atoms in total. The molecule has 17 heavy (non-hydrogen) atoms. The lowest BCUT2D eigenvalue weighted by atomic mass is 10.2. The molecule has 2 aromatic rings. The summed E-state index contributed by atoms with van der Waals surface area (Å²) in [5, 5.41) is 8.21. The Morgan fingerprint density at radius 3 is 2.71 bits per heavy atom. The molecule has 6 heteroatoms. The highest BCUT2D eigenvalue weighted by Gasteiger charge is 2.18. The van der Waals surface area contributed by atoms with Crippen LogP contribution >= 0.6 is 23.6 Å². The van der Waals surface area contributed by atoms with Crippen LogP contribution < -0.4 is 0 Å². The van der Waals surface area contributed by atoms with Crippen molar-refractivity contribution in [2.75, 3.05) is 0 Å². The molecule has 0 aliphatic carbocycles. The van der Waals surface area contributed by atoms with E-state index in [9.17, 15) is 0 Å². The van der Waals surface area contributed by atoms with E-state index in [1.807, 2.05) is 13.8 Å². The maximum Gasteiger partial charge on any atom is 0.195 e. The second-order valence-corrected chi connectivity index (χ2v) is 5.65. The molecule has 0 saturated heterocycles. The molecule has 92 valence electrons. The SMILES string of the molecule is CCc1n[nH]c(=S)n1C(C)c1sc(C)nc1C. The van der Waals surface area contributed by atoms with Gasteiger partial charge in [-0.25, -0.2) is 4.98 Å². The summed E-state index contributed by atoms with van der Waals surface area (Å²) in [7, 11) is 0. The number of aromatic nitrogens is 4. The molecule has 1 N–H and O–H groups in total. The fraction of sp³-hybridized carbons (Fsp3) is 0.545. The molecule has 2 rings (SSSR count).